The van der Waals surface area contributed by atoms with E-state index < -0.39 is 10.0 Å². The summed E-state index contributed by atoms with van der Waals surface area (Å²) in [5.74, 6) is 0.167. The number of benzene rings is 1. The topological polar surface area (TPSA) is 110 Å². The van der Waals surface area contributed by atoms with E-state index in [0.29, 0.717) is 11.5 Å². The van der Waals surface area contributed by atoms with Crippen LogP contribution in [0.15, 0.2) is 45.8 Å². The molecule has 2 N–H and O–H groups in total. The van der Waals surface area contributed by atoms with E-state index in [0.717, 1.165) is 0 Å². The monoisotopic (exact) mass is 363 g/mol. The van der Waals surface area contributed by atoms with Crippen LogP contribution in [0, 0.1) is 19.7 Å². The van der Waals surface area contributed by atoms with Gasteiger partial charge in [0, 0.05) is 5.69 Å². The van der Waals surface area contributed by atoms with Crippen LogP contribution in [0.1, 0.15) is 11.5 Å². The summed E-state index contributed by atoms with van der Waals surface area (Å²) >= 11 is 0. The molecule has 2 heterocycles. The highest BCUT2D eigenvalue weighted by atomic mass is 32.2. The highest BCUT2D eigenvalue weighted by Crippen LogP contribution is 2.22. The molecule has 0 aliphatic heterocycles. The summed E-state index contributed by atoms with van der Waals surface area (Å²) in [6.45, 7) is 3.04. The molecule has 0 amide bonds. The van der Waals surface area contributed by atoms with Gasteiger partial charge in [-0.05, 0) is 44.2 Å². The lowest BCUT2D eigenvalue weighted by molar-refractivity contribution is 0.390. The molecule has 0 atom stereocenters. The highest BCUT2D eigenvalue weighted by molar-refractivity contribution is 7.92. The molecule has 2 aromatic heterocycles. The summed E-state index contributed by atoms with van der Waals surface area (Å²) in [4.78, 5) is -0.0312. The van der Waals surface area contributed by atoms with Crippen molar-refractivity contribution >= 4 is 27.3 Å². The second kappa shape index (κ2) is 6.48. The average Bonchev–Trinajstić information content (AvgIpc) is 2.89. The van der Waals surface area contributed by atoms with E-state index in [2.05, 4.69) is 25.4 Å². The Morgan fingerprint density at radius 3 is 2.40 bits per heavy atom. The molecular weight excluding hydrogens is 349 g/mol. The van der Waals surface area contributed by atoms with Crippen molar-refractivity contribution in [2.45, 2.75) is 18.7 Å². The zero-order valence-electron chi connectivity index (χ0n) is 13.3. The SMILES string of the molecule is Cc1noc(C)c1S(=O)(=O)Nc1ccc(Nc2cccc(F)c2)nn1. The van der Waals surface area contributed by atoms with E-state index in [4.69, 9.17) is 4.52 Å². The smallest absolute Gasteiger partial charge is 0.268 e. The molecule has 0 fully saturated rings. The molecule has 3 aromatic rings. The molecule has 10 heteroatoms. The van der Waals surface area contributed by atoms with Crippen molar-refractivity contribution in [3.05, 3.63) is 53.7 Å². The first-order chi connectivity index (χ1) is 11.8. The van der Waals surface area contributed by atoms with E-state index in [1.54, 1.807) is 12.1 Å². The third-order valence-corrected chi connectivity index (χ3v) is 4.84. The van der Waals surface area contributed by atoms with E-state index in [9.17, 15) is 12.8 Å². The van der Waals surface area contributed by atoms with Crippen molar-refractivity contribution in [3.63, 3.8) is 0 Å². The number of sulfonamides is 1. The number of hydrogen-bond donors (Lipinski definition) is 2. The Morgan fingerprint density at radius 2 is 1.80 bits per heavy atom. The molecular formula is C15H14FN5O3S. The first-order valence-corrected chi connectivity index (χ1v) is 8.65. The van der Waals surface area contributed by atoms with Gasteiger partial charge in [0.25, 0.3) is 10.0 Å². The number of aromatic nitrogens is 3. The molecule has 0 aliphatic carbocycles. The second-order valence-electron chi connectivity index (χ2n) is 5.20. The fourth-order valence-electron chi connectivity index (χ4n) is 2.21. The fourth-order valence-corrected chi connectivity index (χ4v) is 3.54. The third kappa shape index (κ3) is 3.74. The number of aryl methyl sites for hydroxylation is 2. The molecule has 0 saturated carbocycles. The van der Waals surface area contributed by atoms with E-state index in [1.807, 2.05) is 0 Å². The minimum atomic E-state index is -3.89. The van der Waals surface area contributed by atoms with Crippen LogP contribution in [-0.4, -0.2) is 23.8 Å². The molecule has 130 valence electrons. The van der Waals surface area contributed by atoms with Gasteiger partial charge in [-0.15, -0.1) is 10.2 Å². The van der Waals surface area contributed by atoms with Crippen LogP contribution in [0.25, 0.3) is 0 Å². The van der Waals surface area contributed by atoms with Crippen LogP contribution < -0.4 is 10.0 Å². The normalized spacial score (nSPS) is 11.3. The van der Waals surface area contributed by atoms with Gasteiger partial charge >= 0.3 is 0 Å². The van der Waals surface area contributed by atoms with Crippen molar-refractivity contribution in [2.24, 2.45) is 0 Å². The van der Waals surface area contributed by atoms with Crippen molar-refractivity contribution in [2.75, 3.05) is 10.0 Å². The third-order valence-electron chi connectivity index (χ3n) is 3.24. The van der Waals surface area contributed by atoms with Gasteiger partial charge in [-0.3, -0.25) is 4.72 Å². The van der Waals surface area contributed by atoms with Gasteiger partial charge in [-0.25, -0.2) is 12.8 Å². The Hall–Kier alpha value is -3.01. The molecule has 25 heavy (non-hydrogen) atoms. The van der Waals surface area contributed by atoms with Gasteiger partial charge in [0.15, 0.2) is 22.3 Å². The van der Waals surface area contributed by atoms with Gasteiger partial charge in [-0.1, -0.05) is 11.2 Å². The number of halogens is 1. The van der Waals surface area contributed by atoms with Gasteiger partial charge in [0.05, 0.1) is 0 Å². The summed E-state index contributed by atoms with van der Waals surface area (Å²) in [5, 5.41) is 14.2. The minimum Gasteiger partial charge on any atom is -0.360 e. The molecule has 8 nitrogen and oxygen atoms in total. The predicted octanol–water partition coefficient (Wildman–Crippen LogP) is 2.76. The molecule has 0 aliphatic rings. The van der Waals surface area contributed by atoms with Gasteiger partial charge in [-0.2, -0.15) is 0 Å². The average molecular weight is 363 g/mol. The largest absolute Gasteiger partial charge is 0.360 e. The quantitative estimate of drug-likeness (QED) is 0.717. The van der Waals surface area contributed by atoms with Crippen LogP contribution in [0.4, 0.5) is 21.7 Å². The Bertz CT molecular complexity index is 983. The van der Waals surface area contributed by atoms with Crippen LogP contribution in [0.5, 0.6) is 0 Å². The lowest BCUT2D eigenvalue weighted by Crippen LogP contribution is -2.15. The summed E-state index contributed by atoms with van der Waals surface area (Å²) in [6.07, 6.45) is 0. The van der Waals surface area contributed by atoms with Gasteiger partial charge < -0.3 is 9.84 Å². The molecule has 0 radical (unpaired) electrons. The van der Waals surface area contributed by atoms with Crippen molar-refractivity contribution < 1.29 is 17.3 Å². The van der Waals surface area contributed by atoms with Crippen LogP contribution >= 0.6 is 0 Å². The molecule has 3 rings (SSSR count). The molecule has 0 spiro atoms. The molecule has 0 unspecified atom stereocenters. The molecule has 1 aromatic carbocycles. The fraction of sp³-hybridized carbons (Fsp3) is 0.133. The summed E-state index contributed by atoms with van der Waals surface area (Å²) in [7, 11) is -3.89. The minimum absolute atomic E-state index is 0.0312. The zero-order chi connectivity index (χ0) is 18.0. The zero-order valence-corrected chi connectivity index (χ0v) is 14.1. The van der Waals surface area contributed by atoms with Gasteiger partial charge in [0.2, 0.25) is 0 Å². The Morgan fingerprint density at radius 1 is 1.08 bits per heavy atom. The molecule has 0 saturated heterocycles. The van der Waals surface area contributed by atoms with Crippen LogP contribution in [0.3, 0.4) is 0 Å². The first-order valence-electron chi connectivity index (χ1n) is 7.17. The van der Waals surface area contributed by atoms with Crippen molar-refractivity contribution in [1.29, 1.82) is 0 Å². The van der Waals surface area contributed by atoms with E-state index in [1.165, 1.54) is 38.1 Å². The molecule has 0 bridgehead atoms. The maximum atomic E-state index is 13.2. The summed E-state index contributed by atoms with van der Waals surface area (Å²) in [5.41, 5.74) is 0.751. The standard InChI is InChI=1S/C15H14FN5O3S/c1-9-15(10(2)24-20-9)25(22,23)21-14-7-6-13(18-19-14)17-12-5-3-4-11(16)8-12/h3-8H,1-2H3,(H,17,18)(H,19,21). The van der Waals surface area contributed by atoms with Crippen molar-refractivity contribution in [1.82, 2.24) is 15.4 Å². The van der Waals surface area contributed by atoms with Gasteiger partial charge in [0.1, 0.15) is 11.5 Å². The number of anilines is 3. The highest BCUT2D eigenvalue weighted by Gasteiger charge is 2.24. The van der Waals surface area contributed by atoms with Crippen LogP contribution in [-0.2, 0) is 10.0 Å². The number of nitrogens with zero attached hydrogens (tertiary/aromatic N) is 3. The van der Waals surface area contributed by atoms with E-state index >= 15 is 0 Å². The predicted molar refractivity (Wildman–Crippen MR) is 88.5 cm³/mol. The lowest BCUT2D eigenvalue weighted by atomic mass is 10.3. The van der Waals surface area contributed by atoms with Crippen molar-refractivity contribution in [3.8, 4) is 0 Å². The van der Waals surface area contributed by atoms with E-state index in [-0.39, 0.29) is 28.0 Å². The summed E-state index contributed by atoms with van der Waals surface area (Å²) in [6, 6.07) is 8.79. The Kier molecular flexibility index (Phi) is 4.36. The lowest BCUT2D eigenvalue weighted by Gasteiger charge is -2.08. The number of nitrogens with one attached hydrogen (secondary N) is 2. The Labute approximate surface area is 143 Å². The first kappa shape index (κ1) is 16.8. The maximum Gasteiger partial charge on any atom is 0.268 e. The van der Waals surface area contributed by atoms with Crippen LogP contribution in [0.2, 0.25) is 0 Å². The second-order valence-corrected chi connectivity index (χ2v) is 6.82. The maximum absolute atomic E-state index is 13.2. The number of hydrogen-bond acceptors (Lipinski definition) is 7. The Balaban J connectivity index is 1.77. The number of rotatable bonds is 5. The summed E-state index contributed by atoms with van der Waals surface area (Å²) < 4.78 is 45.1.